The molecule has 2 rings (SSSR count). The molecule has 0 saturated carbocycles. The fourth-order valence-electron chi connectivity index (χ4n) is 2.18. The van der Waals surface area contributed by atoms with Crippen molar-refractivity contribution < 1.29 is 0 Å². The molecule has 0 radical (unpaired) electrons. The minimum atomic E-state index is 0.0265. The minimum Gasteiger partial charge on any atom is -0.316 e. The Morgan fingerprint density at radius 2 is 2.12 bits per heavy atom. The van der Waals surface area contributed by atoms with Crippen LogP contribution in [0.25, 0.3) is 0 Å². The van der Waals surface area contributed by atoms with Crippen molar-refractivity contribution in [3.8, 4) is 6.07 Å². The van der Waals surface area contributed by atoms with Gasteiger partial charge in [-0.3, -0.25) is 4.90 Å². The lowest BCUT2D eigenvalue weighted by Gasteiger charge is -2.35. The summed E-state index contributed by atoms with van der Waals surface area (Å²) in [4.78, 5) is 2.25. The summed E-state index contributed by atoms with van der Waals surface area (Å²) in [6.07, 6.45) is 1.76. The van der Waals surface area contributed by atoms with E-state index in [1.807, 2.05) is 18.2 Å². The number of piperidine rings is 1. The molecule has 1 aromatic carbocycles. The summed E-state index contributed by atoms with van der Waals surface area (Å²) in [5.41, 5.74) is 7.35. The van der Waals surface area contributed by atoms with Crippen molar-refractivity contribution in [2.75, 3.05) is 6.54 Å². The van der Waals surface area contributed by atoms with Crippen molar-refractivity contribution in [2.24, 2.45) is 11.7 Å². The van der Waals surface area contributed by atoms with Gasteiger partial charge in [-0.2, -0.15) is 5.26 Å². The Bertz CT molecular complexity index is 369. The summed E-state index contributed by atoms with van der Waals surface area (Å²) < 4.78 is 0. The fourth-order valence-corrected chi connectivity index (χ4v) is 2.18. The molecule has 0 aliphatic carbocycles. The maximum atomic E-state index is 8.86. The zero-order valence-electron chi connectivity index (χ0n) is 9.34. The molecule has 16 heavy (non-hydrogen) atoms. The highest BCUT2D eigenvalue weighted by molar-refractivity contribution is 5.14. The Kier molecular flexibility index (Phi) is 3.55. The third-order valence-electron chi connectivity index (χ3n) is 3.17. The monoisotopic (exact) mass is 215 g/mol. The summed E-state index contributed by atoms with van der Waals surface area (Å²) in [7, 11) is 0. The predicted octanol–water partition coefficient (Wildman–Crippen LogP) is 1.71. The van der Waals surface area contributed by atoms with Crippen molar-refractivity contribution in [1.29, 1.82) is 5.26 Å². The molecule has 3 heteroatoms. The van der Waals surface area contributed by atoms with Gasteiger partial charge in [0.25, 0.3) is 0 Å². The summed E-state index contributed by atoms with van der Waals surface area (Å²) in [6.45, 7) is 1.81. The van der Waals surface area contributed by atoms with E-state index < -0.39 is 0 Å². The second-order valence-corrected chi connectivity index (χ2v) is 4.37. The highest BCUT2D eigenvalue weighted by Gasteiger charge is 2.25. The van der Waals surface area contributed by atoms with E-state index in [4.69, 9.17) is 11.0 Å². The molecule has 1 saturated heterocycles. The number of nitriles is 1. The normalized spacial score (nSPS) is 26.2. The Labute approximate surface area is 96.5 Å². The van der Waals surface area contributed by atoms with Gasteiger partial charge in [-0.1, -0.05) is 30.3 Å². The van der Waals surface area contributed by atoms with Crippen LogP contribution in [0.1, 0.15) is 18.4 Å². The molecular formula is C13H17N3. The molecule has 1 fully saturated rings. The molecule has 2 unspecified atom stereocenters. The molecule has 2 N–H and O–H groups in total. The van der Waals surface area contributed by atoms with Crippen LogP contribution in [-0.4, -0.2) is 17.6 Å². The largest absolute Gasteiger partial charge is 0.316 e. The van der Waals surface area contributed by atoms with Crippen LogP contribution in [0.5, 0.6) is 0 Å². The van der Waals surface area contributed by atoms with E-state index in [-0.39, 0.29) is 12.1 Å². The first-order chi connectivity index (χ1) is 7.79. The lowest BCUT2D eigenvalue weighted by atomic mass is 9.96. The van der Waals surface area contributed by atoms with E-state index in [0.29, 0.717) is 0 Å². The highest BCUT2D eigenvalue weighted by atomic mass is 15.2. The van der Waals surface area contributed by atoms with E-state index >= 15 is 0 Å². The Hall–Kier alpha value is -1.37. The van der Waals surface area contributed by atoms with Crippen LogP contribution in [0.2, 0.25) is 0 Å². The lowest BCUT2D eigenvalue weighted by Crippen LogP contribution is -2.47. The molecule has 0 aromatic heterocycles. The van der Waals surface area contributed by atoms with Gasteiger partial charge in [-0.25, -0.2) is 0 Å². The molecule has 0 spiro atoms. The Morgan fingerprint density at radius 3 is 2.75 bits per heavy atom. The molecule has 1 aromatic rings. The maximum Gasteiger partial charge on any atom is 0.0657 e. The molecule has 84 valence electrons. The zero-order valence-corrected chi connectivity index (χ0v) is 9.34. The van der Waals surface area contributed by atoms with Crippen LogP contribution in [0, 0.1) is 17.2 Å². The Morgan fingerprint density at radius 1 is 1.38 bits per heavy atom. The van der Waals surface area contributed by atoms with Crippen LogP contribution >= 0.6 is 0 Å². The topological polar surface area (TPSA) is 53.0 Å². The van der Waals surface area contributed by atoms with Gasteiger partial charge in [0, 0.05) is 13.1 Å². The van der Waals surface area contributed by atoms with Crippen molar-refractivity contribution in [1.82, 2.24) is 4.90 Å². The fraction of sp³-hybridized carbons (Fsp3) is 0.462. The van der Waals surface area contributed by atoms with E-state index in [1.54, 1.807) is 0 Å². The van der Waals surface area contributed by atoms with Gasteiger partial charge in [-0.05, 0) is 18.4 Å². The van der Waals surface area contributed by atoms with Gasteiger partial charge in [0.05, 0.1) is 18.2 Å². The van der Waals surface area contributed by atoms with Crippen LogP contribution in [0.15, 0.2) is 30.3 Å². The quantitative estimate of drug-likeness (QED) is 0.817. The molecule has 0 amide bonds. The second kappa shape index (κ2) is 5.11. The number of benzene rings is 1. The second-order valence-electron chi connectivity index (χ2n) is 4.37. The third-order valence-corrected chi connectivity index (χ3v) is 3.17. The number of hydrogen-bond donors (Lipinski definition) is 1. The highest BCUT2D eigenvalue weighted by Crippen LogP contribution is 2.21. The van der Waals surface area contributed by atoms with E-state index in [1.165, 1.54) is 5.56 Å². The zero-order chi connectivity index (χ0) is 11.4. The first-order valence-corrected chi connectivity index (χ1v) is 5.73. The van der Waals surface area contributed by atoms with Crippen LogP contribution in [0.3, 0.4) is 0 Å². The summed E-state index contributed by atoms with van der Waals surface area (Å²) in [5, 5.41) is 8.86. The van der Waals surface area contributed by atoms with Gasteiger partial charge in [0.15, 0.2) is 0 Å². The van der Waals surface area contributed by atoms with Crippen LogP contribution in [-0.2, 0) is 6.54 Å². The molecule has 3 nitrogen and oxygen atoms in total. The molecule has 1 aliphatic rings. The summed E-state index contributed by atoms with van der Waals surface area (Å²) >= 11 is 0. The molecule has 1 aliphatic heterocycles. The Balaban J connectivity index is 1.95. The number of likely N-dealkylation sites (tertiary alicyclic amines) is 1. The molecule has 2 atom stereocenters. The number of nitrogens with zero attached hydrogens (tertiary/aromatic N) is 2. The van der Waals surface area contributed by atoms with Crippen molar-refractivity contribution in [2.45, 2.75) is 25.6 Å². The first kappa shape index (κ1) is 11.1. The van der Waals surface area contributed by atoms with Gasteiger partial charge in [0.2, 0.25) is 0 Å². The van der Waals surface area contributed by atoms with E-state index in [2.05, 4.69) is 23.1 Å². The van der Waals surface area contributed by atoms with Crippen molar-refractivity contribution >= 4 is 0 Å². The average Bonchev–Trinajstić information content (AvgIpc) is 2.33. The lowest BCUT2D eigenvalue weighted by molar-refractivity contribution is 0.125. The van der Waals surface area contributed by atoms with Gasteiger partial charge < -0.3 is 5.73 Å². The summed E-state index contributed by atoms with van der Waals surface area (Å²) in [6, 6.07) is 12.6. The van der Waals surface area contributed by atoms with Crippen molar-refractivity contribution in [3.05, 3.63) is 35.9 Å². The van der Waals surface area contributed by atoms with E-state index in [0.717, 1.165) is 25.9 Å². The van der Waals surface area contributed by atoms with Gasteiger partial charge >= 0.3 is 0 Å². The molecule has 0 bridgehead atoms. The average molecular weight is 215 g/mol. The third kappa shape index (κ3) is 2.60. The smallest absolute Gasteiger partial charge is 0.0657 e. The first-order valence-electron chi connectivity index (χ1n) is 5.73. The molecule has 1 heterocycles. The van der Waals surface area contributed by atoms with Gasteiger partial charge in [-0.15, -0.1) is 0 Å². The number of hydrogen-bond acceptors (Lipinski definition) is 3. The van der Waals surface area contributed by atoms with Crippen LogP contribution in [0.4, 0.5) is 0 Å². The van der Waals surface area contributed by atoms with Crippen molar-refractivity contribution in [3.63, 3.8) is 0 Å². The standard InChI is InChI=1S/C13H17N3/c14-9-12-6-7-16(13(15)8-12)10-11-4-2-1-3-5-11/h1-5,12-13H,6-8,10,15H2. The van der Waals surface area contributed by atoms with Crippen LogP contribution < -0.4 is 5.73 Å². The van der Waals surface area contributed by atoms with Gasteiger partial charge in [0.1, 0.15) is 0 Å². The predicted molar refractivity (Wildman–Crippen MR) is 63.2 cm³/mol. The number of nitrogens with two attached hydrogens (primary N) is 1. The summed E-state index contributed by atoms with van der Waals surface area (Å²) in [5.74, 6) is 0.141. The van der Waals surface area contributed by atoms with E-state index in [9.17, 15) is 0 Å². The maximum absolute atomic E-state index is 8.86. The SMILES string of the molecule is N#CC1CCN(Cc2ccccc2)C(N)C1. The number of rotatable bonds is 2. The molecular weight excluding hydrogens is 198 g/mol. The minimum absolute atomic E-state index is 0.0265.